The van der Waals surface area contributed by atoms with Crippen LogP contribution < -0.4 is 10.6 Å². The summed E-state index contributed by atoms with van der Waals surface area (Å²) >= 11 is 0. The Kier molecular flexibility index (Phi) is 10.2. The second kappa shape index (κ2) is 12.2. The maximum Gasteiger partial charge on any atom is 0.321 e. The van der Waals surface area contributed by atoms with Crippen molar-refractivity contribution in [3.8, 4) is 0 Å². The van der Waals surface area contributed by atoms with Crippen molar-refractivity contribution >= 4 is 5.97 Å². The average Bonchev–Trinajstić information content (AvgIpc) is 2.66. The average molecular weight is 344 g/mol. The predicted molar refractivity (Wildman–Crippen MR) is 101 cm³/mol. The molecule has 0 fully saturated rings. The molecule has 25 heavy (non-hydrogen) atoms. The first-order valence-corrected chi connectivity index (χ1v) is 8.36. The number of likely N-dealkylation sites (N-methyl/N-ethyl adjacent to an activating group) is 2. The van der Waals surface area contributed by atoms with Crippen LogP contribution >= 0.6 is 0 Å². The van der Waals surface area contributed by atoms with Gasteiger partial charge in [-0.15, -0.1) is 0 Å². The van der Waals surface area contributed by atoms with E-state index in [-0.39, 0.29) is 12.6 Å². The van der Waals surface area contributed by atoms with Crippen molar-refractivity contribution in [1.82, 2.24) is 10.6 Å². The largest absolute Gasteiger partial charge is 0.480 e. The SMILES string of the molecule is CN[C@@H](CO)Cc1ccccc1.CN[C@H](Cc1ccccc1)C(=O)O. The molecule has 0 bridgehead atoms. The Labute approximate surface area is 149 Å². The first-order valence-electron chi connectivity index (χ1n) is 8.36. The molecule has 0 spiro atoms. The zero-order valence-corrected chi connectivity index (χ0v) is 14.9. The van der Waals surface area contributed by atoms with Gasteiger partial charge in [-0.2, -0.15) is 0 Å². The number of hydrogen-bond acceptors (Lipinski definition) is 4. The molecule has 0 aromatic heterocycles. The van der Waals surface area contributed by atoms with E-state index >= 15 is 0 Å². The maximum absolute atomic E-state index is 10.7. The molecule has 2 aromatic rings. The van der Waals surface area contributed by atoms with Gasteiger partial charge in [0.05, 0.1) is 6.61 Å². The van der Waals surface area contributed by atoms with Crippen molar-refractivity contribution in [3.05, 3.63) is 71.8 Å². The number of aliphatic carboxylic acids is 1. The lowest BCUT2D eigenvalue weighted by atomic mass is 10.1. The molecule has 0 radical (unpaired) electrons. The predicted octanol–water partition coefficient (Wildman–Crippen LogP) is 1.71. The molecule has 5 nitrogen and oxygen atoms in total. The third-order valence-electron chi connectivity index (χ3n) is 3.88. The van der Waals surface area contributed by atoms with Gasteiger partial charge >= 0.3 is 5.97 Å². The molecule has 0 heterocycles. The number of aliphatic hydroxyl groups excluding tert-OH is 1. The molecule has 5 heteroatoms. The Bertz CT molecular complexity index is 586. The number of carboxylic acid groups (broad SMARTS) is 1. The first kappa shape index (κ1) is 20.8. The number of rotatable bonds is 8. The summed E-state index contributed by atoms with van der Waals surface area (Å²) in [6, 6.07) is 19.4. The standard InChI is InChI=1S/C10H13NO2.C10H15NO/c1-11-9(10(12)13)7-8-5-3-2-4-6-8;1-11-10(8-12)7-9-5-3-2-4-6-9/h2-6,9,11H,7H2,1H3,(H,12,13);2-6,10-12H,7-8H2,1H3/t9-;10-/m11/s1. The zero-order valence-electron chi connectivity index (χ0n) is 14.9. The second-order valence-electron chi connectivity index (χ2n) is 5.73. The third-order valence-corrected chi connectivity index (χ3v) is 3.88. The molecule has 0 saturated carbocycles. The van der Waals surface area contributed by atoms with Crippen molar-refractivity contribution in [1.29, 1.82) is 0 Å². The summed E-state index contributed by atoms with van der Waals surface area (Å²) in [6.07, 6.45) is 1.40. The van der Waals surface area contributed by atoms with Crippen LogP contribution in [0.5, 0.6) is 0 Å². The van der Waals surface area contributed by atoms with Gasteiger partial charge < -0.3 is 20.8 Å². The van der Waals surface area contributed by atoms with Crippen LogP contribution in [0.2, 0.25) is 0 Å². The molecule has 0 amide bonds. The van der Waals surface area contributed by atoms with Gasteiger partial charge in [0, 0.05) is 6.04 Å². The maximum atomic E-state index is 10.7. The molecule has 0 aliphatic carbocycles. The summed E-state index contributed by atoms with van der Waals surface area (Å²) in [6.45, 7) is 0.186. The fourth-order valence-electron chi connectivity index (χ4n) is 2.32. The third kappa shape index (κ3) is 8.44. The van der Waals surface area contributed by atoms with Gasteiger partial charge in [-0.1, -0.05) is 60.7 Å². The van der Waals surface area contributed by atoms with Gasteiger partial charge in [0.1, 0.15) is 6.04 Å². The van der Waals surface area contributed by atoms with E-state index in [1.165, 1.54) is 5.56 Å². The van der Waals surface area contributed by atoms with E-state index in [1.54, 1.807) is 7.05 Å². The Balaban J connectivity index is 0.000000251. The van der Waals surface area contributed by atoms with Crippen LogP contribution in [0.15, 0.2) is 60.7 Å². The van der Waals surface area contributed by atoms with Gasteiger partial charge in [0.25, 0.3) is 0 Å². The number of aliphatic hydroxyl groups is 1. The lowest BCUT2D eigenvalue weighted by Gasteiger charge is -2.12. The number of carboxylic acids is 1. The number of hydrogen-bond donors (Lipinski definition) is 4. The van der Waals surface area contributed by atoms with E-state index < -0.39 is 12.0 Å². The van der Waals surface area contributed by atoms with Gasteiger partial charge in [-0.25, -0.2) is 0 Å². The summed E-state index contributed by atoms with van der Waals surface area (Å²) in [4.78, 5) is 10.7. The van der Waals surface area contributed by atoms with E-state index in [4.69, 9.17) is 10.2 Å². The van der Waals surface area contributed by atoms with E-state index in [0.29, 0.717) is 6.42 Å². The molecule has 2 aromatic carbocycles. The highest BCUT2D eigenvalue weighted by atomic mass is 16.4. The van der Waals surface area contributed by atoms with Crippen molar-refractivity contribution < 1.29 is 15.0 Å². The monoisotopic (exact) mass is 344 g/mol. The highest BCUT2D eigenvalue weighted by Gasteiger charge is 2.14. The highest BCUT2D eigenvalue weighted by molar-refractivity contribution is 5.73. The van der Waals surface area contributed by atoms with Gasteiger partial charge in [0.2, 0.25) is 0 Å². The molecule has 0 unspecified atom stereocenters. The molecule has 4 N–H and O–H groups in total. The lowest BCUT2D eigenvalue weighted by Crippen LogP contribution is -2.35. The molecule has 0 aliphatic rings. The van der Waals surface area contributed by atoms with Crippen LogP contribution in [-0.2, 0) is 17.6 Å². The highest BCUT2D eigenvalue weighted by Crippen LogP contribution is 2.03. The van der Waals surface area contributed by atoms with E-state index in [0.717, 1.165) is 12.0 Å². The van der Waals surface area contributed by atoms with Crippen molar-refractivity contribution in [3.63, 3.8) is 0 Å². The van der Waals surface area contributed by atoms with Crippen LogP contribution in [0.25, 0.3) is 0 Å². The summed E-state index contributed by atoms with van der Waals surface area (Å²) in [5, 5.41) is 23.5. The Morgan fingerprint density at radius 3 is 1.72 bits per heavy atom. The molecule has 0 saturated heterocycles. The van der Waals surface area contributed by atoms with E-state index in [2.05, 4.69) is 22.8 Å². The molecular formula is C20H28N2O3. The van der Waals surface area contributed by atoms with Crippen molar-refractivity contribution in [2.45, 2.75) is 24.9 Å². The first-order chi connectivity index (χ1) is 12.1. The van der Waals surface area contributed by atoms with Crippen molar-refractivity contribution in [2.24, 2.45) is 0 Å². The molecule has 0 aliphatic heterocycles. The minimum Gasteiger partial charge on any atom is -0.480 e. The summed E-state index contributed by atoms with van der Waals surface area (Å²) < 4.78 is 0. The minimum absolute atomic E-state index is 0.174. The number of carbonyl (C=O) groups is 1. The number of benzene rings is 2. The molecule has 136 valence electrons. The van der Waals surface area contributed by atoms with Crippen LogP contribution in [0, 0.1) is 0 Å². The smallest absolute Gasteiger partial charge is 0.321 e. The minimum atomic E-state index is -0.814. The second-order valence-corrected chi connectivity index (χ2v) is 5.73. The Morgan fingerprint density at radius 2 is 1.36 bits per heavy atom. The fourth-order valence-corrected chi connectivity index (χ4v) is 2.32. The quantitative estimate of drug-likeness (QED) is 0.586. The topological polar surface area (TPSA) is 81.6 Å². The zero-order chi connectivity index (χ0) is 18.5. The summed E-state index contributed by atoms with van der Waals surface area (Å²) in [5.41, 5.74) is 2.29. The van der Waals surface area contributed by atoms with Crippen molar-refractivity contribution in [2.75, 3.05) is 20.7 Å². The molecular weight excluding hydrogens is 316 g/mol. The van der Waals surface area contributed by atoms with Gasteiger partial charge in [-0.05, 0) is 38.1 Å². The van der Waals surface area contributed by atoms with E-state index in [9.17, 15) is 4.79 Å². The van der Waals surface area contributed by atoms with Crippen LogP contribution in [-0.4, -0.2) is 49.0 Å². The van der Waals surface area contributed by atoms with Gasteiger partial charge in [-0.3, -0.25) is 4.79 Å². The molecule has 2 atom stereocenters. The fraction of sp³-hybridized carbons (Fsp3) is 0.350. The molecule has 2 rings (SSSR count). The Hall–Kier alpha value is -2.21. The summed E-state index contributed by atoms with van der Waals surface area (Å²) in [7, 11) is 3.52. The van der Waals surface area contributed by atoms with Crippen LogP contribution in [0.4, 0.5) is 0 Å². The lowest BCUT2D eigenvalue weighted by molar-refractivity contribution is -0.139. The normalized spacial score (nSPS) is 12.6. The van der Waals surface area contributed by atoms with Crippen LogP contribution in [0.3, 0.4) is 0 Å². The van der Waals surface area contributed by atoms with Gasteiger partial charge in [0.15, 0.2) is 0 Å². The summed E-state index contributed by atoms with van der Waals surface area (Å²) in [5.74, 6) is -0.814. The Morgan fingerprint density at radius 1 is 0.880 bits per heavy atom. The van der Waals surface area contributed by atoms with E-state index in [1.807, 2.05) is 55.6 Å². The number of nitrogens with one attached hydrogen (secondary N) is 2. The van der Waals surface area contributed by atoms with Crippen LogP contribution in [0.1, 0.15) is 11.1 Å².